The third kappa shape index (κ3) is 5.26. The first-order chi connectivity index (χ1) is 10.8. The first-order valence-electron chi connectivity index (χ1n) is 8.75. The monoisotopic (exact) mass is 321 g/mol. The molecule has 5 nitrogen and oxygen atoms in total. The van der Waals surface area contributed by atoms with Gasteiger partial charge in [-0.05, 0) is 46.0 Å². The van der Waals surface area contributed by atoms with E-state index in [0.29, 0.717) is 11.8 Å². The summed E-state index contributed by atoms with van der Waals surface area (Å²) in [6.07, 6.45) is 7.09. The van der Waals surface area contributed by atoms with Crippen molar-refractivity contribution >= 4 is 6.09 Å². The quantitative estimate of drug-likeness (QED) is 0.840. The minimum Gasteiger partial charge on any atom is -0.444 e. The van der Waals surface area contributed by atoms with Gasteiger partial charge in [0.05, 0.1) is 0 Å². The highest BCUT2D eigenvalue weighted by molar-refractivity contribution is 5.68. The number of aryl methyl sites for hydroxylation is 1. The minimum atomic E-state index is -0.424. The van der Waals surface area contributed by atoms with Crippen LogP contribution in [-0.4, -0.2) is 39.2 Å². The fourth-order valence-corrected chi connectivity index (χ4v) is 3.13. The molecule has 1 amide bonds. The summed E-state index contributed by atoms with van der Waals surface area (Å²) < 4.78 is 7.75. The first-order valence-corrected chi connectivity index (χ1v) is 8.75. The number of hydrogen-bond donors (Lipinski definition) is 0. The van der Waals surface area contributed by atoms with Crippen LogP contribution in [0.4, 0.5) is 4.79 Å². The molecule has 0 aliphatic carbocycles. The van der Waals surface area contributed by atoms with Gasteiger partial charge in [-0.1, -0.05) is 13.8 Å². The van der Waals surface area contributed by atoms with Crippen LogP contribution in [-0.2, 0) is 11.3 Å². The second-order valence-corrected chi connectivity index (χ2v) is 7.86. The van der Waals surface area contributed by atoms with E-state index in [1.165, 1.54) is 6.42 Å². The highest BCUT2D eigenvalue weighted by Crippen LogP contribution is 2.23. The fraction of sp³-hybridized carbons (Fsp3) is 0.778. The molecule has 5 heteroatoms. The van der Waals surface area contributed by atoms with Crippen LogP contribution in [0.3, 0.4) is 0 Å². The zero-order chi connectivity index (χ0) is 17.0. The number of rotatable bonds is 4. The van der Waals surface area contributed by atoms with Gasteiger partial charge in [-0.3, -0.25) is 0 Å². The predicted octanol–water partition coefficient (Wildman–Crippen LogP) is 4.04. The maximum atomic E-state index is 12.2. The molecule has 23 heavy (non-hydrogen) atoms. The Morgan fingerprint density at radius 2 is 2.17 bits per heavy atom. The first kappa shape index (κ1) is 17.8. The van der Waals surface area contributed by atoms with Crippen LogP contribution in [0.15, 0.2) is 12.4 Å². The number of aromatic nitrogens is 2. The lowest BCUT2D eigenvalue weighted by Crippen LogP contribution is -2.43. The lowest BCUT2D eigenvalue weighted by Gasteiger charge is -2.34. The number of carbonyl (C=O) groups is 1. The Labute approximate surface area is 140 Å². The van der Waals surface area contributed by atoms with E-state index in [-0.39, 0.29) is 6.09 Å². The van der Waals surface area contributed by atoms with E-state index in [2.05, 4.69) is 29.6 Å². The van der Waals surface area contributed by atoms with Crippen LogP contribution in [0.2, 0.25) is 0 Å². The summed E-state index contributed by atoms with van der Waals surface area (Å²) in [5.41, 5.74) is -0.424. The number of likely N-dealkylation sites (tertiary alicyclic amines) is 1. The molecule has 0 aromatic carbocycles. The molecule has 1 unspecified atom stereocenters. The number of hydrogen-bond acceptors (Lipinski definition) is 3. The lowest BCUT2D eigenvalue weighted by atomic mass is 9.95. The number of amides is 1. The van der Waals surface area contributed by atoms with Gasteiger partial charge < -0.3 is 14.2 Å². The molecule has 1 aromatic heterocycles. The van der Waals surface area contributed by atoms with Crippen molar-refractivity contribution in [3.8, 4) is 0 Å². The van der Waals surface area contributed by atoms with E-state index in [0.717, 1.165) is 38.3 Å². The van der Waals surface area contributed by atoms with Gasteiger partial charge in [0, 0.05) is 37.9 Å². The molecule has 130 valence electrons. The van der Waals surface area contributed by atoms with Gasteiger partial charge in [0.15, 0.2) is 0 Å². The van der Waals surface area contributed by atoms with Gasteiger partial charge in [0.25, 0.3) is 0 Å². The summed E-state index contributed by atoms with van der Waals surface area (Å²) in [7, 11) is 0. The maximum Gasteiger partial charge on any atom is 0.410 e. The topological polar surface area (TPSA) is 47.4 Å². The summed E-state index contributed by atoms with van der Waals surface area (Å²) in [6, 6.07) is 0. The summed E-state index contributed by atoms with van der Waals surface area (Å²) in [5, 5.41) is 0. The maximum absolute atomic E-state index is 12.2. The van der Waals surface area contributed by atoms with Gasteiger partial charge in [-0.2, -0.15) is 0 Å². The average molecular weight is 321 g/mol. The molecule has 0 N–H and O–H groups in total. The second kappa shape index (κ2) is 7.37. The van der Waals surface area contributed by atoms with Crippen molar-refractivity contribution < 1.29 is 9.53 Å². The molecule has 1 saturated heterocycles. The molecular formula is C18H31N3O2. The summed E-state index contributed by atoms with van der Waals surface area (Å²) in [4.78, 5) is 18.5. The summed E-state index contributed by atoms with van der Waals surface area (Å²) in [5.74, 6) is 2.12. The molecular weight excluding hydrogens is 290 g/mol. The highest BCUT2D eigenvalue weighted by Gasteiger charge is 2.27. The Hall–Kier alpha value is -1.52. The number of piperidine rings is 1. The standard InChI is InChI=1S/C18H31N3O2/c1-14(2)16-19-9-12-20(16)11-8-15-7-6-10-21(13-15)17(22)23-18(3,4)5/h9,12,14-15H,6-8,10-11,13H2,1-5H3. The lowest BCUT2D eigenvalue weighted by molar-refractivity contribution is 0.0159. The van der Waals surface area contributed by atoms with E-state index in [9.17, 15) is 4.79 Å². The zero-order valence-electron chi connectivity index (χ0n) is 15.2. The Bertz CT molecular complexity index is 517. The molecule has 1 atom stereocenters. The molecule has 1 aromatic rings. The van der Waals surface area contributed by atoms with Gasteiger partial charge >= 0.3 is 6.09 Å². The van der Waals surface area contributed by atoms with Crippen molar-refractivity contribution in [2.45, 2.75) is 71.9 Å². The summed E-state index contributed by atoms with van der Waals surface area (Å²) >= 11 is 0. The number of carbonyl (C=O) groups excluding carboxylic acids is 1. The summed E-state index contributed by atoms with van der Waals surface area (Å²) in [6.45, 7) is 12.7. The Morgan fingerprint density at radius 1 is 1.43 bits per heavy atom. The molecule has 1 aliphatic heterocycles. The van der Waals surface area contributed by atoms with Crippen LogP contribution in [0.1, 0.15) is 65.6 Å². The van der Waals surface area contributed by atoms with Gasteiger partial charge in [-0.15, -0.1) is 0 Å². The van der Waals surface area contributed by atoms with Crippen LogP contribution in [0.25, 0.3) is 0 Å². The van der Waals surface area contributed by atoms with E-state index >= 15 is 0 Å². The molecule has 2 rings (SSSR count). The largest absolute Gasteiger partial charge is 0.444 e. The molecule has 0 spiro atoms. The normalized spacial score (nSPS) is 19.2. The SMILES string of the molecule is CC(C)c1nccn1CCC1CCCN(C(=O)OC(C)(C)C)C1. The molecule has 1 fully saturated rings. The Balaban J connectivity index is 1.86. The van der Waals surface area contributed by atoms with E-state index in [1.807, 2.05) is 31.9 Å². The fourth-order valence-electron chi connectivity index (χ4n) is 3.13. The van der Waals surface area contributed by atoms with Crippen molar-refractivity contribution in [3.63, 3.8) is 0 Å². The van der Waals surface area contributed by atoms with E-state index in [4.69, 9.17) is 4.74 Å². The number of nitrogens with zero attached hydrogens (tertiary/aromatic N) is 3. The Kier molecular flexibility index (Phi) is 5.71. The smallest absolute Gasteiger partial charge is 0.410 e. The third-order valence-corrected chi connectivity index (χ3v) is 4.21. The van der Waals surface area contributed by atoms with Gasteiger partial charge in [0.1, 0.15) is 11.4 Å². The van der Waals surface area contributed by atoms with Crippen molar-refractivity contribution in [2.75, 3.05) is 13.1 Å². The molecule has 2 heterocycles. The zero-order valence-corrected chi connectivity index (χ0v) is 15.2. The minimum absolute atomic E-state index is 0.173. The molecule has 0 bridgehead atoms. The molecule has 1 aliphatic rings. The predicted molar refractivity (Wildman–Crippen MR) is 91.5 cm³/mol. The van der Waals surface area contributed by atoms with Crippen LogP contribution in [0, 0.1) is 5.92 Å². The van der Waals surface area contributed by atoms with Gasteiger partial charge in [-0.25, -0.2) is 9.78 Å². The number of ether oxygens (including phenoxy) is 1. The molecule has 0 saturated carbocycles. The van der Waals surface area contributed by atoms with Gasteiger partial charge in [0.2, 0.25) is 0 Å². The van der Waals surface area contributed by atoms with Crippen molar-refractivity contribution in [3.05, 3.63) is 18.2 Å². The van der Waals surface area contributed by atoms with Crippen molar-refractivity contribution in [1.29, 1.82) is 0 Å². The third-order valence-electron chi connectivity index (χ3n) is 4.21. The molecule has 0 radical (unpaired) electrons. The second-order valence-electron chi connectivity index (χ2n) is 7.86. The number of imidazole rings is 1. The van der Waals surface area contributed by atoms with Crippen molar-refractivity contribution in [2.24, 2.45) is 5.92 Å². The van der Waals surface area contributed by atoms with E-state index in [1.54, 1.807) is 0 Å². The van der Waals surface area contributed by atoms with Crippen LogP contribution >= 0.6 is 0 Å². The average Bonchev–Trinajstić information content (AvgIpc) is 2.92. The van der Waals surface area contributed by atoms with Crippen molar-refractivity contribution in [1.82, 2.24) is 14.5 Å². The van der Waals surface area contributed by atoms with E-state index < -0.39 is 5.60 Å². The highest BCUT2D eigenvalue weighted by atomic mass is 16.6. The van der Waals surface area contributed by atoms with Crippen LogP contribution < -0.4 is 0 Å². The van der Waals surface area contributed by atoms with Crippen LogP contribution in [0.5, 0.6) is 0 Å². The Morgan fingerprint density at radius 3 is 2.83 bits per heavy atom.